The molecule has 2 saturated heterocycles. The number of anilines is 1. The Labute approximate surface area is 173 Å². The van der Waals surface area contributed by atoms with Crippen molar-refractivity contribution in [2.24, 2.45) is 5.92 Å². The van der Waals surface area contributed by atoms with Gasteiger partial charge in [-0.05, 0) is 44.0 Å². The number of carbonyl (C=O) groups excluding carboxylic acids is 2. The number of likely N-dealkylation sites (tertiary alicyclic amines) is 1. The molecule has 0 saturated carbocycles. The lowest BCUT2D eigenvalue weighted by Gasteiger charge is -2.34. The first-order valence-corrected chi connectivity index (χ1v) is 10.8. The summed E-state index contributed by atoms with van der Waals surface area (Å²) in [7, 11) is 1.84. The predicted molar refractivity (Wildman–Crippen MR) is 111 cm³/mol. The van der Waals surface area contributed by atoms with Gasteiger partial charge in [0.05, 0.1) is 17.1 Å². The van der Waals surface area contributed by atoms with Crippen LogP contribution < -0.4 is 4.90 Å². The second kappa shape index (κ2) is 8.10. The lowest BCUT2D eigenvalue weighted by Crippen LogP contribution is -2.43. The number of aryl methyl sites for hydroxylation is 1. The Morgan fingerprint density at radius 1 is 1.14 bits per heavy atom. The number of aromatic nitrogens is 1. The average Bonchev–Trinajstić information content (AvgIpc) is 2.96. The number of nitrogens with zero attached hydrogens (tertiary/aromatic N) is 4. The molecule has 0 N–H and O–H groups in total. The number of carbonyl (C=O) groups is 2. The predicted octanol–water partition coefficient (Wildman–Crippen LogP) is 2.79. The summed E-state index contributed by atoms with van der Waals surface area (Å²) in [4.78, 5) is 36.8. The zero-order valence-corrected chi connectivity index (χ0v) is 17.5. The van der Waals surface area contributed by atoms with Crippen LogP contribution in [0.5, 0.6) is 0 Å². The lowest BCUT2D eigenvalue weighted by molar-refractivity contribution is -0.134. The Kier molecular flexibility index (Phi) is 5.54. The van der Waals surface area contributed by atoms with E-state index in [2.05, 4.69) is 9.88 Å². The quantitative estimate of drug-likeness (QED) is 0.756. The molecule has 154 valence electrons. The molecule has 8 heteroatoms. The van der Waals surface area contributed by atoms with Gasteiger partial charge in [-0.2, -0.15) is 0 Å². The van der Waals surface area contributed by atoms with Gasteiger partial charge in [0, 0.05) is 45.0 Å². The summed E-state index contributed by atoms with van der Waals surface area (Å²) in [6, 6.07) is 6.45. The van der Waals surface area contributed by atoms with Gasteiger partial charge in [-0.15, -0.1) is 11.3 Å². The van der Waals surface area contributed by atoms with Crippen LogP contribution in [0.3, 0.4) is 0 Å². The maximum Gasteiger partial charge on any atom is 0.265 e. The third kappa shape index (κ3) is 3.85. The lowest BCUT2D eigenvalue weighted by atomic mass is 9.92. The fraction of sp³-hybridized carbons (Fsp3) is 0.476. The Balaban J connectivity index is 1.61. The molecule has 3 heterocycles. The molecule has 1 aromatic heterocycles. The van der Waals surface area contributed by atoms with Crippen LogP contribution in [-0.2, 0) is 4.79 Å². The van der Waals surface area contributed by atoms with Crippen molar-refractivity contribution < 1.29 is 14.0 Å². The van der Waals surface area contributed by atoms with E-state index in [0.29, 0.717) is 43.9 Å². The molecule has 0 aliphatic carbocycles. The van der Waals surface area contributed by atoms with E-state index in [-0.39, 0.29) is 29.6 Å². The van der Waals surface area contributed by atoms with E-state index in [4.69, 9.17) is 0 Å². The van der Waals surface area contributed by atoms with E-state index in [1.165, 1.54) is 23.5 Å². The highest BCUT2D eigenvalue weighted by Crippen LogP contribution is 2.32. The first-order valence-electron chi connectivity index (χ1n) is 9.92. The number of fused-ring (bicyclic) bond motifs is 1. The van der Waals surface area contributed by atoms with Gasteiger partial charge >= 0.3 is 0 Å². The van der Waals surface area contributed by atoms with Gasteiger partial charge in [0.25, 0.3) is 5.91 Å². The largest absolute Gasteiger partial charge is 0.366 e. The molecule has 0 unspecified atom stereocenters. The van der Waals surface area contributed by atoms with Gasteiger partial charge in [-0.1, -0.05) is 0 Å². The number of rotatable bonds is 2. The third-order valence-corrected chi connectivity index (χ3v) is 6.94. The minimum absolute atomic E-state index is 0.00408. The van der Waals surface area contributed by atoms with E-state index in [9.17, 15) is 14.0 Å². The fourth-order valence-corrected chi connectivity index (χ4v) is 5.14. The zero-order valence-electron chi connectivity index (χ0n) is 16.7. The van der Waals surface area contributed by atoms with Gasteiger partial charge < -0.3 is 14.7 Å². The number of thiazole rings is 1. The first-order chi connectivity index (χ1) is 14.0. The summed E-state index contributed by atoms with van der Waals surface area (Å²) in [6.07, 6.45) is 1.32. The van der Waals surface area contributed by atoms with E-state index in [1.807, 2.05) is 18.9 Å². The van der Waals surface area contributed by atoms with E-state index in [0.717, 1.165) is 11.4 Å². The second-order valence-electron chi connectivity index (χ2n) is 7.74. The minimum atomic E-state index is -0.272. The molecule has 0 spiro atoms. The third-order valence-electron chi connectivity index (χ3n) is 6.02. The van der Waals surface area contributed by atoms with Gasteiger partial charge in [0.1, 0.15) is 10.7 Å². The van der Waals surface area contributed by atoms with Crippen molar-refractivity contribution in [2.75, 3.05) is 38.1 Å². The van der Waals surface area contributed by atoms with Crippen molar-refractivity contribution in [3.8, 4) is 0 Å². The van der Waals surface area contributed by atoms with Crippen molar-refractivity contribution in [1.82, 2.24) is 14.8 Å². The summed E-state index contributed by atoms with van der Waals surface area (Å²) in [5, 5.41) is 0. The van der Waals surface area contributed by atoms with Crippen LogP contribution >= 0.6 is 11.3 Å². The van der Waals surface area contributed by atoms with Gasteiger partial charge in [-0.25, -0.2) is 9.37 Å². The summed E-state index contributed by atoms with van der Waals surface area (Å²) < 4.78 is 13.4. The standard InChI is InChI=1S/C21H25FN4O2S/c1-14-19(29-13-23-14)21(28)25-9-7-17-18(8-10-25)26(12-11-24(2)20(17)27)16-5-3-15(22)4-6-16/h3-6,13,17-18H,7-12H2,1-2H3/t17-,18+/m1/s1. The molecule has 2 amide bonds. The van der Waals surface area contributed by atoms with E-state index in [1.54, 1.807) is 22.5 Å². The maximum absolute atomic E-state index is 13.4. The molecule has 2 aromatic rings. The molecular formula is C21H25FN4O2S. The van der Waals surface area contributed by atoms with Crippen molar-refractivity contribution in [3.63, 3.8) is 0 Å². The summed E-state index contributed by atoms with van der Waals surface area (Å²) >= 11 is 1.36. The molecular weight excluding hydrogens is 391 g/mol. The van der Waals surface area contributed by atoms with E-state index >= 15 is 0 Å². The van der Waals surface area contributed by atoms with Crippen LogP contribution in [0.2, 0.25) is 0 Å². The Hall–Kier alpha value is -2.48. The second-order valence-corrected chi connectivity index (χ2v) is 8.59. The molecule has 2 aliphatic rings. The molecule has 6 nitrogen and oxygen atoms in total. The number of likely N-dealkylation sites (N-methyl/N-ethyl adjacent to an activating group) is 1. The molecule has 29 heavy (non-hydrogen) atoms. The van der Waals surface area contributed by atoms with Gasteiger partial charge in [0.2, 0.25) is 5.91 Å². The van der Waals surface area contributed by atoms with Gasteiger partial charge in [-0.3, -0.25) is 9.59 Å². The SMILES string of the molecule is Cc1ncsc1C(=O)N1CC[C@H]2C(=O)N(C)CCN(c3ccc(F)cc3)[C@H]2CC1. The maximum atomic E-state index is 13.4. The number of hydrogen-bond acceptors (Lipinski definition) is 5. The van der Waals surface area contributed by atoms with Crippen LogP contribution in [-0.4, -0.2) is 65.9 Å². The molecule has 2 fully saturated rings. The molecule has 2 aliphatic heterocycles. The number of halogens is 1. The smallest absolute Gasteiger partial charge is 0.265 e. The van der Waals surface area contributed by atoms with Crippen LogP contribution in [0.15, 0.2) is 29.8 Å². The average molecular weight is 417 g/mol. The van der Waals surface area contributed by atoms with Crippen LogP contribution in [0, 0.1) is 18.7 Å². The van der Waals surface area contributed by atoms with Crippen LogP contribution in [0.4, 0.5) is 10.1 Å². The topological polar surface area (TPSA) is 56.8 Å². The summed E-state index contributed by atoms with van der Waals surface area (Å²) in [5.41, 5.74) is 3.36. The first kappa shape index (κ1) is 19.8. The van der Waals surface area contributed by atoms with Crippen LogP contribution in [0.1, 0.15) is 28.2 Å². The van der Waals surface area contributed by atoms with Crippen molar-refractivity contribution in [1.29, 1.82) is 0 Å². The van der Waals surface area contributed by atoms with Gasteiger partial charge in [0.15, 0.2) is 0 Å². The molecule has 4 rings (SSSR count). The monoisotopic (exact) mass is 416 g/mol. The number of hydrogen-bond donors (Lipinski definition) is 0. The highest BCUT2D eigenvalue weighted by Gasteiger charge is 2.40. The minimum Gasteiger partial charge on any atom is -0.366 e. The number of benzene rings is 1. The Bertz CT molecular complexity index is 900. The molecule has 1 aromatic carbocycles. The molecule has 0 radical (unpaired) electrons. The van der Waals surface area contributed by atoms with Crippen molar-refractivity contribution in [2.45, 2.75) is 25.8 Å². The zero-order chi connectivity index (χ0) is 20.5. The fourth-order valence-electron chi connectivity index (χ4n) is 4.37. The molecule has 0 bridgehead atoms. The summed E-state index contributed by atoms with van der Waals surface area (Å²) in [6.45, 7) is 4.31. The molecule has 2 atom stereocenters. The highest BCUT2D eigenvalue weighted by molar-refractivity contribution is 7.11. The Morgan fingerprint density at radius 3 is 2.55 bits per heavy atom. The normalized spacial score (nSPS) is 22.9. The van der Waals surface area contributed by atoms with Crippen molar-refractivity contribution in [3.05, 3.63) is 46.2 Å². The Morgan fingerprint density at radius 2 is 1.86 bits per heavy atom. The van der Waals surface area contributed by atoms with E-state index < -0.39 is 0 Å². The highest BCUT2D eigenvalue weighted by atomic mass is 32.1. The van der Waals surface area contributed by atoms with Crippen LogP contribution in [0.25, 0.3) is 0 Å². The summed E-state index contributed by atoms with van der Waals surface area (Å²) in [5.74, 6) is -0.336. The van der Waals surface area contributed by atoms with Crippen molar-refractivity contribution >= 4 is 28.8 Å². The number of amides is 2.